The predicted molar refractivity (Wildman–Crippen MR) is 130 cm³/mol. The second-order valence-corrected chi connectivity index (χ2v) is 8.19. The molecule has 2 N–H and O–H groups in total. The fourth-order valence-electron chi connectivity index (χ4n) is 3.86. The fourth-order valence-corrected chi connectivity index (χ4v) is 4.05. The van der Waals surface area contributed by atoms with E-state index in [0.717, 1.165) is 33.5 Å². The minimum Gasteiger partial charge on any atom is -0.497 e. The van der Waals surface area contributed by atoms with Gasteiger partial charge in [-0.2, -0.15) is 0 Å². The topological polar surface area (TPSA) is 103 Å². The third kappa shape index (κ3) is 4.30. The van der Waals surface area contributed by atoms with Crippen molar-refractivity contribution in [1.82, 2.24) is 30.2 Å². The summed E-state index contributed by atoms with van der Waals surface area (Å²) in [5.74, 6) is -0.238. The highest BCUT2D eigenvalue weighted by atomic mass is 32.1. The number of para-hydroxylation sites is 1. The van der Waals surface area contributed by atoms with Crippen LogP contribution in [-0.2, 0) is 22.7 Å². The highest BCUT2D eigenvalue weighted by Gasteiger charge is 2.26. The van der Waals surface area contributed by atoms with Gasteiger partial charge < -0.3 is 9.30 Å². The van der Waals surface area contributed by atoms with E-state index in [-0.39, 0.29) is 10.7 Å². The van der Waals surface area contributed by atoms with E-state index in [1.807, 2.05) is 65.5 Å². The number of ether oxygens (including phenoxy) is 1. The summed E-state index contributed by atoms with van der Waals surface area (Å²) in [4.78, 5) is 24.6. The van der Waals surface area contributed by atoms with Gasteiger partial charge in [0, 0.05) is 22.7 Å². The first-order valence-electron chi connectivity index (χ1n) is 10.5. The molecule has 5 rings (SSSR count). The Labute approximate surface area is 200 Å². The highest BCUT2D eigenvalue weighted by molar-refractivity contribution is 7.80. The molecule has 1 fully saturated rings. The number of carbonyl (C=O) groups excluding carboxylic acids is 2. The Bertz CT molecular complexity index is 1430. The van der Waals surface area contributed by atoms with Crippen molar-refractivity contribution in [2.45, 2.75) is 13.1 Å². The van der Waals surface area contributed by atoms with Crippen molar-refractivity contribution in [3.8, 4) is 5.75 Å². The summed E-state index contributed by atoms with van der Waals surface area (Å²) in [5.41, 5.74) is 3.57. The number of hydrogen-bond acceptors (Lipinski definition) is 6. The van der Waals surface area contributed by atoms with E-state index < -0.39 is 11.8 Å². The molecule has 9 nitrogen and oxygen atoms in total. The molecule has 2 amide bonds. The van der Waals surface area contributed by atoms with Crippen LogP contribution in [0.2, 0.25) is 0 Å². The van der Waals surface area contributed by atoms with E-state index in [4.69, 9.17) is 17.0 Å². The number of rotatable bonds is 6. The average molecular weight is 473 g/mol. The lowest BCUT2D eigenvalue weighted by Gasteiger charge is -2.16. The Kier molecular flexibility index (Phi) is 5.64. The van der Waals surface area contributed by atoms with Gasteiger partial charge in [-0.15, -0.1) is 5.10 Å². The molecule has 0 saturated carbocycles. The number of amides is 2. The lowest BCUT2D eigenvalue weighted by atomic mass is 10.1. The lowest BCUT2D eigenvalue weighted by Crippen LogP contribution is -2.51. The molecule has 170 valence electrons. The number of benzene rings is 2. The van der Waals surface area contributed by atoms with Crippen LogP contribution >= 0.6 is 12.2 Å². The van der Waals surface area contributed by atoms with Crippen LogP contribution in [0.4, 0.5) is 0 Å². The normalized spacial score (nSPS) is 13.7. The Morgan fingerprint density at radius 1 is 1.00 bits per heavy atom. The van der Waals surface area contributed by atoms with Crippen molar-refractivity contribution in [2.75, 3.05) is 7.11 Å². The molecule has 1 saturated heterocycles. The van der Waals surface area contributed by atoms with Gasteiger partial charge in [0.05, 0.1) is 26.4 Å². The van der Waals surface area contributed by atoms with Gasteiger partial charge in [0.25, 0.3) is 11.8 Å². The number of hydrogen-bond donors (Lipinski definition) is 2. The van der Waals surface area contributed by atoms with Gasteiger partial charge in [-0.05, 0) is 42.1 Å². The van der Waals surface area contributed by atoms with Crippen LogP contribution < -0.4 is 15.4 Å². The molecule has 2 aromatic heterocycles. The van der Waals surface area contributed by atoms with Gasteiger partial charge in [-0.3, -0.25) is 20.2 Å². The monoisotopic (exact) mass is 472 g/mol. The van der Waals surface area contributed by atoms with E-state index in [1.54, 1.807) is 17.9 Å². The second kappa shape index (κ2) is 8.91. The minimum absolute atomic E-state index is 0.00180. The van der Waals surface area contributed by atoms with Crippen molar-refractivity contribution in [3.05, 3.63) is 83.3 Å². The first-order valence-corrected chi connectivity index (χ1v) is 10.9. The number of aromatic nitrogens is 4. The van der Waals surface area contributed by atoms with Crippen LogP contribution in [0.1, 0.15) is 16.8 Å². The summed E-state index contributed by atoms with van der Waals surface area (Å²) in [7, 11) is 1.64. The van der Waals surface area contributed by atoms with Crippen LogP contribution in [0.15, 0.2) is 66.5 Å². The van der Waals surface area contributed by atoms with Gasteiger partial charge >= 0.3 is 0 Å². The molecule has 3 heterocycles. The molecule has 1 aliphatic heterocycles. The molecular formula is C24H20N6O3S. The number of thiocarbonyl (C=S) groups is 1. The standard InChI is InChI=1S/C24H20N6O3S/c1-33-18-8-6-15(7-9-18)11-30-14-17(27-28-30)13-29-12-16(19-4-2-3-5-21(19)29)10-20-22(31)25-24(34)26-23(20)32/h2-10,12,14H,11,13H2,1H3,(H2,25,26,31,32,34). The first kappa shape index (κ1) is 21.5. The number of methoxy groups -OCH3 is 1. The molecule has 0 unspecified atom stereocenters. The van der Waals surface area contributed by atoms with E-state index in [9.17, 15) is 9.59 Å². The summed E-state index contributed by atoms with van der Waals surface area (Å²) in [5, 5.41) is 14.4. The molecule has 0 bridgehead atoms. The van der Waals surface area contributed by atoms with E-state index in [1.165, 1.54) is 0 Å². The maximum atomic E-state index is 12.3. The molecular weight excluding hydrogens is 452 g/mol. The molecule has 34 heavy (non-hydrogen) atoms. The van der Waals surface area contributed by atoms with E-state index in [2.05, 4.69) is 20.9 Å². The molecule has 0 aliphatic carbocycles. The molecule has 0 radical (unpaired) electrons. The molecule has 1 aliphatic rings. The van der Waals surface area contributed by atoms with Crippen LogP contribution in [0.25, 0.3) is 17.0 Å². The third-order valence-corrected chi connectivity index (χ3v) is 5.69. The molecule has 0 atom stereocenters. The SMILES string of the molecule is COc1ccc(Cn2cc(Cn3cc(C=C4C(=O)NC(=S)NC4=O)c4ccccc43)nn2)cc1. The summed E-state index contributed by atoms with van der Waals surface area (Å²) < 4.78 is 9.00. The molecule has 2 aromatic carbocycles. The van der Waals surface area contributed by atoms with Gasteiger partial charge in [0.2, 0.25) is 0 Å². The van der Waals surface area contributed by atoms with Crippen molar-refractivity contribution in [3.63, 3.8) is 0 Å². The maximum Gasteiger partial charge on any atom is 0.263 e. The summed E-state index contributed by atoms with van der Waals surface area (Å²) in [6.45, 7) is 1.07. The van der Waals surface area contributed by atoms with Crippen LogP contribution in [0.5, 0.6) is 5.75 Å². The molecule has 0 spiro atoms. The van der Waals surface area contributed by atoms with Gasteiger partial charge in [0.1, 0.15) is 17.0 Å². The summed E-state index contributed by atoms with van der Waals surface area (Å²) in [6.07, 6.45) is 5.37. The third-order valence-electron chi connectivity index (χ3n) is 5.48. The van der Waals surface area contributed by atoms with Gasteiger partial charge in [-0.25, -0.2) is 4.68 Å². The van der Waals surface area contributed by atoms with Gasteiger partial charge in [-0.1, -0.05) is 35.5 Å². The average Bonchev–Trinajstić information content (AvgIpc) is 3.41. The first-order chi connectivity index (χ1) is 16.5. The zero-order valence-corrected chi connectivity index (χ0v) is 19.0. The maximum absolute atomic E-state index is 12.3. The Morgan fingerprint density at radius 3 is 2.47 bits per heavy atom. The van der Waals surface area contributed by atoms with Crippen molar-refractivity contribution < 1.29 is 14.3 Å². The number of carbonyl (C=O) groups is 2. The number of nitrogens with one attached hydrogen (secondary N) is 2. The lowest BCUT2D eigenvalue weighted by molar-refractivity contribution is -0.123. The molecule has 4 aromatic rings. The summed E-state index contributed by atoms with van der Waals surface area (Å²) in [6, 6.07) is 15.6. The number of nitrogens with zero attached hydrogens (tertiary/aromatic N) is 4. The Hall–Kier alpha value is -4.31. The van der Waals surface area contributed by atoms with Crippen LogP contribution in [0.3, 0.4) is 0 Å². The molecule has 10 heteroatoms. The van der Waals surface area contributed by atoms with Crippen LogP contribution in [0, 0.1) is 0 Å². The highest BCUT2D eigenvalue weighted by Crippen LogP contribution is 2.25. The van der Waals surface area contributed by atoms with Crippen molar-refractivity contribution in [1.29, 1.82) is 0 Å². The second-order valence-electron chi connectivity index (χ2n) is 7.78. The zero-order valence-electron chi connectivity index (χ0n) is 18.2. The van der Waals surface area contributed by atoms with Crippen molar-refractivity contribution >= 4 is 46.1 Å². The van der Waals surface area contributed by atoms with Gasteiger partial charge in [0.15, 0.2) is 5.11 Å². The zero-order chi connectivity index (χ0) is 23.7. The smallest absolute Gasteiger partial charge is 0.263 e. The Morgan fingerprint density at radius 2 is 1.74 bits per heavy atom. The Balaban J connectivity index is 1.41. The predicted octanol–water partition coefficient (Wildman–Crippen LogP) is 2.25. The minimum atomic E-state index is -0.521. The van der Waals surface area contributed by atoms with Crippen molar-refractivity contribution in [2.24, 2.45) is 0 Å². The largest absolute Gasteiger partial charge is 0.497 e. The van der Waals surface area contributed by atoms with E-state index in [0.29, 0.717) is 13.1 Å². The fraction of sp³-hybridized carbons (Fsp3) is 0.125. The summed E-state index contributed by atoms with van der Waals surface area (Å²) >= 11 is 4.87. The quantitative estimate of drug-likeness (QED) is 0.254. The van der Waals surface area contributed by atoms with E-state index >= 15 is 0 Å². The number of fused-ring (bicyclic) bond motifs is 1. The van der Waals surface area contributed by atoms with Crippen LogP contribution in [-0.4, -0.2) is 43.6 Å².